The number of carbonyl (C=O) groups excluding carboxylic acids is 7. The Morgan fingerprint density at radius 2 is 1.53 bits per heavy atom. The first-order valence-corrected chi connectivity index (χ1v) is 20.9. The van der Waals surface area contributed by atoms with Crippen molar-refractivity contribution < 1.29 is 42.0 Å². The lowest BCUT2D eigenvalue weighted by atomic mass is 9.84. The number of amides is 6. The van der Waals surface area contributed by atoms with Gasteiger partial charge in [0.2, 0.25) is 23.5 Å². The van der Waals surface area contributed by atoms with Gasteiger partial charge in [0.1, 0.15) is 30.4 Å². The van der Waals surface area contributed by atoms with Crippen molar-refractivity contribution in [1.82, 2.24) is 35.5 Å². The minimum atomic E-state index is -4.78. The number of ketones is 1. The van der Waals surface area contributed by atoms with Gasteiger partial charge in [-0.2, -0.15) is 0 Å². The van der Waals surface area contributed by atoms with Crippen molar-refractivity contribution in [2.75, 3.05) is 6.54 Å². The van der Waals surface area contributed by atoms with Gasteiger partial charge in [-0.15, -0.1) is 0 Å². The van der Waals surface area contributed by atoms with Crippen LogP contribution in [0.3, 0.4) is 0 Å². The van der Waals surface area contributed by atoms with Crippen molar-refractivity contribution in [3.05, 3.63) is 54.6 Å². The quantitative estimate of drug-likeness (QED) is 0.120. The van der Waals surface area contributed by atoms with Gasteiger partial charge in [-0.25, -0.2) is 17.7 Å². The molecule has 1 aliphatic carbocycles. The third kappa shape index (κ3) is 13.5. The van der Waals surface area contributed by atoms with E-state index in [4.69, 9.17) is 5.73 Å². The first-order chi connectivity index (χ1) is 27.0. The maximum Gasteiger partial charge on any atom is 0.295 e. The molecule has 1 heterocycles. The summed E-state index contributed by atoms with van der Waals surface area (Å²) in [4.78, 5) is 101. The van der Waals surface area contributed by atoms with Crippen LogP contribution < -0.4 is 27.0 Å². The highest BCUT2D eigenvalue weighted by atomic mass is 32.2. The number of hydrogen-bond donors (Lipinski definition) is 5. The lowest BCUT2D eigenvalue weighted by Gasteiger charge is -2.32. The summed E-state index contributed by atoms with van der Waals surface area (Å²) in [6.45, 7) is 7.61. The Kier molecular flexibility index (Phi) is 17.9. The normalized spacial score (nSPS) is 15.9. The number of hydrogen-bond acceptors (Lipinski definition) is 12. The minimum absolute atomic E-state index is 0.0106. The first-order valence-electron chi connectivity index (χ1n) is 19.4. The molecule has 1 fully saturated rings. The average molecular weight is 813 g/mol. The van der Waals surface area contributed by atoms with Crippen molar-refractivity contribution in [2.24, 2.45) is 23.5 Å². The van der Waals surface area contributed by atoms with E-state index >= 15 is 0 Å². The van der Waals surface area contributed by atoms with E-state index in [9.17, 15) is 42.0 Å². The Balaban J connectivity index is 1.99. The minimum Gasteiger partial charge on any atom is -0.342 e. The zero-order valence-electron chi connectivity index (χ0n) is 33.2. The zero-order chi connectivity index (χ0) is 42.3. The number of nitrogens with zero attached hydrogens (tertiary/aromatic N) is 3. The molecule has 17 nitrogen and oxygen atoms in total. The van der Waals surface area contributed by atoms with Gasteiger partial charge in [-0.05, 0) is 49.1 Å². The van der Waals surface area contributed by atoms with Crippen molar-refractivity contribution in [2.45, 2.75) is 121 Å². The van der Waals surface area contributed by atoms with Crippen molar-refractivity contribution in [3.63, 3.8) is 0 Å². The summed E-state index contributed by atoms with van der Waals surface area (Å²) in [5.74, 6) is -7.62. The van der Waals surface area contributed by atoms with Gasteiger partial charge in [0.25, 0.3) is 27.7 Å². The molecule has 312 valence electrons. The number of Topliss-reactive ketones (excluding diaryl/α,β-unsaturated/α-hetero) is 1. The van der Waals surface area contributed by atoms with Crippen molar-refractivity contribution in [1.29, 1.82) is 0 Å². The predicted molar refractivity (Wildman–Crippen MR) is 209 cm³/mol. The van der Waals surface area contributed by atoms with Crippen LogP contribution in [0.15, 0.2) is 53.8 Å². The van der Waals surface area contributed by atoms with E-state index in [1.54, 1.807) is 26.8 Å². The fraction of sp³-hybridized carbons (Fsp3) is 0.564. The van der Waals surface area contributed by atoms with Gasteiger partial charge in [0.15, 0.2) is 0 Å². The van der Waals surface area contributed by atoms with Gasteiger partial charge < -0.3 is 21.7 Å². The Bertz CT molecular complexity index is 1820. The van der Waals surface area contributed by atoms with Gasteiger partial charge in [-0.3, -0.25) is 43.9 Å². The van der Waals surface area contributed by atoms with Crippen LogP contribution in [0.1, 0.15) is 103 Å². The van der Waals surface area contributed by atoms with Gasteiger partial charge >= 0.3 is 0 Å². The molecule has 0 saturated heterocycles. The van der Waals surface area contributed by atoms with Crippen LogP contribution in [0.2, 0.25) is 0 Å². The number of rotatable bonds is 20. The highest BCUT2D eigenvalue weighted by Gasteiger charge is 2.40. The fourth-order valence-corrected chi connectivity index (χ4v) is 7.84. The second-order valence-corrected chi connectivity index (χ2v) is 16.7. The van der Waals surface area contributed by atoms with Crippen LogP contribution in [0.25, 0.3) is 0 Å². The van der Waals surface area contributed by atoms with Gasteiger partial charge in [-0.1, -0.05) is 91.3 Å². The molecule has 1 unspecified atom stereocenters. The molecule has 1 saturated carbocycles. The largest absolute Gasteiger partial charge is 0.342 e. The summed E-state index contributed by atoms with van der Waals surface area (Å²) in [7, 11) is -4.78. The third-order valence-electron chi connectivity index (χ3n) is 9.94. The average Bonchev–Trinajstić information content (AvgIpc) is 3.20. The maximum absolute atomic E-state index is 14.6. The first kappa shape index (κ1) is 46.3. The number of nitrogens with two attached hydrogens (primary N) is 1. The Labute approximate surface area is 334 Å². The molecule has 0 spiro atoms. The standard InChI is InChI=1S/C39H56N8O9S/c1-6-25(5)33(46-35(50)29(20-24(3)4)43-36(51)31-22-41-18-19-42-31)37(52)44-30(21-26-14-10-8-11-15-26)39(54)47(57(55,56)27-16-12-9-13-17-27)23-32(48)45-38(53)34(49)28(40)7-2/h9,12-13,16-19,22,24-26,28-30,33H,6-8,10-11,14-15,20-21,23,40H2,1-5H3,(H,43,51)(H,44,52)(H,46,50)(H,45,48,53)/t25-,28?,29-,30-,33-/m0/s1. The number of nitrogens with one attached hydrogen (secondary N) is 4. The monoisotopic (exact) mass is 812 g/mol. The van der Waals surface area contributed by atoms with Gasteiger partial charge in [0.05, 0.1) is 17.1 Å². The lowest BCUT2D eigenvalue weighted by Crippen LogP contribution is -2.60. The molecule has 2 aromatic rings. The lowest BCUT2D eigenvalue weighted by molar-refractivity contribution is -0.142. The molecule has 0 radical (unpaired) electrons. The van der Waals surface area contributed by atoms with E-state index in [2.05, 4.69) is 25.9 Å². The van der Waals surface area contributed by atoms with E-state index in [0.717, 1.165) is 19.3 Å². The van der Waals surface area contributed by atoms with Crippen LogP contribution in [0.5, 0.6) is 0 Å². The highest BCUT2D eigenvalue weighted by molar-refractivity contribution is 7.89. The van der Waals surface area contributed by atoms with E-state index in [0.29, 0.717) is 23.6 Å². The number of carbonyl (C=O) groups is 7. The Morgan fingerprint density at radius 1 is 0.860 bits per heavy atom. The molecule has 1 aromatic carbocycles. The van der Waals surface area contributed by atoms with Crippen LogP contribution in [-0.4, -0.2) is 94.6 Å². The summed E-state index contributed by atoms with van der Waals surface area (Å²) >= 11 is 0. The molecule has 0 aliphatic heterocycles. The summed E-state index contributed by atoms with van der Waals surface area (Å²) in [6.07, 6.45) is 8.80. The molecule has 1 aliphatic rings. The van der Waals surface area contributed by atoms with Crippen LogP contribution in [-0.2, 0) is 38.8 Å². The van der Waals surface area contributed by atoms with E-state index in [-0.39, 0.29) is 41.7 Å². The zero-order valence-corrected chi connectivity index (χ0v) is 34.0. The fourth-order valence-electron chi connectivity index (χ4n) is 6.43. The topological polar surface area (TPSA) is 257 Å². The molecule has 6 amide bonds. The molecule has 0 bridgehead atoms. The molecule has 6 N–H and O–H groups in total. The third-order valence-corrected chi connectivity index (χ3v) is 11.7. The number of imide groups is 1. The molecular weight excluding hydrogens is 757 g/mol. The molecule has 5 atom stereocenters. The van der Waals surface area contributed by atoms with Crippen molar-refractivity contribution in [3.8, 4) is 0 Å². The molecule has 18 heteroatoms. The highest BCUT2D eigenvalue weighted by Crippen LogP contribution is 2.29. The van der Waals surface area contributed by atoms with Gasteiger partial charge in [0, 0.05) is 12.4 Å². The molecule has 3 rings (SSSR count). The SMILES string of the molecule is CCC(N)C(=O)C(=O)NC(=O)CN(C(=O)[C@H](CC1CCCCC1)NC(=O)[C@@H](NC(=O)[C@H](CC(C)C)NC(=O)c1cnccn1)[C@@H](C)CC)S(=O)(=O)c1ccccc1. The Morgan fingerprint density at radius 3 is 2.11 bits per heavy atom. The van der Waals surface area contributed by atoms with E-state index in [1.165, 1.54) is 42.9 Å². The Hall–Kier alpha value is -5.10. The summed E-state index contributed by atoms with van der Waals surface area (Å²) in [5, 5.41) is 9.97. The number of aromatic nitrogens is 2. The summed E-state index contributed by atoms with van der Waals surface area (Å²) in [6, 6.07) is 1.84. The molecule has 57 heavy (non-hydrogen) atoms. The summed E-state index contributed by atoms with van der Waals surface area (Å²) < 4.78 is 28.5. The van der Waals surface area contributed by atoms with Crippen LogP contribution in [0.4, 0.5) is 0 Å². The molecular formula is C39H56N8O9S. The summed E-state index contributed by atoms with van der Waals surface area (Å²) in [5.41, 5.74) is 5.65. The predicted octanol–water partition coefficient (Wildman–Crippen LogP) is 1.77. The van der Waals surface area contributed by atoms with Crippen LogP contribution in [0, 0.1) is 17.8 Å². The molecule has 1 aromatic heterocycles. The second kappa shape index (κ2) is 22.0. The van der Waals surface area contributed by atoms with Crippen molar-refractivity contribution >= 4 is 51.2 Å². The second-order valence-electron chi connectivity index (χ2n) is 14.8. The number of sulfonamides is 1. The van der Waals surface area contributed by atoms with E-state index in [1.807, 2.05) is 19.2 Å². The van der Waals surface area contributed by atoms with Crippen LogP contribution >= 0.6 is 0 Å². The number of benzene rings is 1. The van der Waals surface area contributed by atoms with E-state index < -0.39 is 87.9 Å². The maximum atomic E-state index is 14.6. The smallest absolute Gasteiger partial charge is 0.295 e.